The molecule has 3 aliphatic rings. The predicted molar refractivity (Wildman–Crippen MR) is 51.5 cm³/mol. The van der Waals surface area contributed by atoms with Crippen molar-refractivity contribution < 1.29 is 0 Å². The summed E-state index contributed by atoms with van der Waals surface area (Å²) in [5.74, 6) is 1.29. The molecule has 0 radical (unpaired) electrons. The number of allylic oxidation sites excluding steroid dienone is 1. The van der Waals surface area contributed by atoms with Crippen LogP contribution in [0, 0.1) is 0 Å². The van der Waals surface area contributed by atoms with Crippen LogP contribution in [0.1, 0.15) is 6.42 Å². The van der Waals surface area contributed by atoms with Gasteiger partial charge in [0.15, 0.2) is 0 Å². The van der Waals surface area contributed by atoms with E-state index in [4.69, 9.17) is 0 Å². The maximum Gasteiger partial charge on any atom is 0.0652 e. The van der Waals surface area contributed by atoms with Crippen molar-refractivity contribution in [3.8, 4) is 0 Å². The lowest BCUT2D eigenvalue weighted by Gasteiger charge is -2.12. The third kappa shape index (κ3) is 0.812. The first-order valence-corrected chi connectivity index (χ1v) is 5.82. The highest BCUT2D eigenvalue weighted by Crippen LogP contribution is 2.46. The number of hydrogen-bond acceptors (Lipinski definition) is 3. The third-order valence-electron chi connectivity index (χ3n) is 2.34. The van der Waals surface area contributed by atoms with Gasteiger partial charge in [0.05, 0.1) is 11.3 Å². The fraction of sp³-hybridized carbons (Fsp3) is 0.500. The van der Waals surface area contributed by atoms with E-state index in [2.05, 4.69) is 16.8 Å². The van der Waals surface area contributed by atoms with Crippen LogP contribution in [0.2, 0.25) is 0 Å². The Hall–Kier alpha value is -0.0200. The topological polar surface area (TPSA) is 12.0 Å². The van der Waals surface area contributed by atoms with Gasteiger partial charge in [-0.3, -0.25) is 0 Å². The number of nitrogens with one attached hydrogen (secondary N) is 1. The minimum absolute atomic E-state index is 0.623. The summed E-state index contributed by atoms with van der Waals surface area (Å²) in [5, 5.41) is 6.53. The van der Waals surface area contributed by atoms with Crippen molar-refractivity contribution in [2.45, 2.75) is 17.7 Å². The Kier molecular flexibility index (Phi) is 1.32. The second-order valence-electron chi connectivity index (χ2n) is 3.00. The maximum atomic E-state index is 3.57. The van der Waals surface area contributed by atoms with Crippen LogP contribution in [-0.2, 0) is 0 Å². The monoisotopic (exact) mass is 183 g/mol. The van der Waals surface area contributed by atoms with Crippen molar-refractivity contribution in [3.05, 3.63) is 22.1 Å². The summed E-state index contributed by atoms with van der Waals surface area (Å²) < 4.78 is 0. The van der Waals surface area contributed by atoms with Gasteiger partial charge in [-0.15, -0.1) is 23.5 Å². The smallest absolute Gasteiger partial charge is 0.0652 e. The molecule has 0 aromatic carbocycles. The van der Waals surface area contributed by atoms with Gasteiger partial charge in [-0.05, 0) is 11.8 Å². The SMILES string of the molecule is C1=CC2NC3=C(SCC3)C2S1. The molecule has 1 N–H and O–H groups in total. The number of hydrogen-bond donors (Lipinski definition) is 1. The van der Waals surface area contributed by atoms with E-state index in [9.17, 15) is 0 Å². The normalized spacial score (nSPS) is 39.3. The molecule has 0 amide bonds. The maximum absolute atomic E-state index is 3.57. The second-order valence-corrected chi connectivity index (χ2v) is 5.19. The van der Waals surface area contributed by atoms with E-state index in [1.165, 1.54) is 17.9 Å². The van der Waals surface area contributed by atoms with E-state index in [0.29, 0.717) is 6.04 Å². The van der Waals surface area contributed by atoms with Gasteiger partial charge < -0.3 is 5.32 Å². The zero-order chi connectivity index (χ0) is 7.26. The number of rotatable bonds is 0. The molecular formula is C8H9NS2. The average molecular weight is 183 g/mol. The third-order valence-corrected chi connectivity index (χ3v) is 4.85. The van der Waals surface area contributed by atoms with Crippen LogP contribution in [0.3, 0.4) is 0 Å². The molecule has 0 spiro atoms. The Morgan fingerprint density at radius 2 is 2.55 bits per heavy atom. The highest BCUT2D eigenvalue weighted by molar-refractivity contribution is 8.07. The van der Waals surface area contributed by atoms with Crippen LogP contribution in [0.25, 0.3) is 0 Å². The first-order valence-electron chi connectivity index (χ1n) is 3.90. The first-order chi connectivity index (χ1) is 5.45. The summed E-state index contributed by atoms with van der Waals surface area (Å²) in [6, 6.07) is 0.623. The molecule has 3 heteroatoms. The summed E-state index contributed by atoms with van der Waals surface area (Å²) in [5.41, 5.74) is 1.53. The van der Waals surface area contributed by atoms with Crippen molar-refractivity contribution in [1.29, 1.82) is 0 Å². The standard InChI is InChI=1S/C8H9NS2/c1-3-10-7-5(1)9-6-2-4-11-8(6)7/h1,3,5,7,9H,2,4H2. The van der Waals surface area contributed by atoms with Gasteiger partial charge in [0.1, 0.15) is 0 Å². The highest BCUT2D eigenvalue weighted by Gasteiger charge is 2.37. The summed E-state index contributed by atoms with van der Waals surface area (Å²) in [6.45, 7) is 0. The Balaban J connectivity index is 1.96. The van der Waals surface area contributed by atoms with Crippen LogP contribution >= 0.6 is 23.5 Å². The molecule has 0 saturated carbocycles. The number of fused-ring (bicyclic) bond motifs is 2. The van der Waals surface area contributed by atoms with Crippen LogP contribution in [-0.4, -0.2) is 17.0 Å². The van der Waals surface area contributed by atoms with Gasteiger partial charge in [-0.25, -0.2) is 0 Å². The minimum Gasteiger partial charge on any atom is -0.380 e. The van der Waals surface area contributed by atoms with Crippen molar-refractivity contribution in [2.75, 3.05) is 5.75 Å². The quantitative estimate of drug-likeness (QED) is 0.616. The van der Waals surface area contributed by atoms with Gasteiger partial charge in [-0.1, -0.05) is 6.08 Å². The van der Waals surface area contributed by atoms with E-state index >= 15 is 0 Å². The van der Waals surface area contributed by atoms with Crippen LogP contribution < -0.4 is 5.32 Å². The van der Waals surface area contributed by atoms with E-state index < -0.39 is 0 Å². The Morgan fingerprint density at radius 1 is 1.55 bits per heavy atom. The molecule has 11 heavy (non-hydrogen) atoms. The average Bonchev–Trinajstić information content (AvgIpc) is 2.52. The lowest BCUT2D eigenvalue weighted by Crippen LogP contribution is -2.26. The van der Waals surface area contributed by atoms with Crippen molar-refractivity contribution >= 4 is 23.5 Å². The van der Waals surface area contributed by atoms with E-state index in [-0.39, 0.29) is 0 Å². The zero-order valence-corrected chi connectivity index (χ0v) is 7.67. The second kappa shape index (κ2) is 2.23. The van der Waals surface area contributed by atoms with E-state index in [1.807, 2.05) is 23.5 Å². The first kappa shape index (κ1) is 6.49. The molecule has 58 valence electrons. The van der Waals surface area contributed by atoms with Crippen molar-refractivity contribution in [1.82, 2.24) is 5.32 Å². The Labute approximate surface area is 74.7 Å². The summed E-state index contributed by atoms with van der Waals surface area (Å²) in [6.07, 6.45) is 3.55. The van der Waals surface area contributed by atoms with Gasteiger partial charge >= 0.3 is 0 Å². The molecule has 1 nitrogen and oxygen atoms in total. The van der Waals surface area contributed by atoms with Gasteiger partial charge in [-0.2, -0.15) is 0 Å². The van der Waals surface area contributed by atoms with Gasteiger partial charge in [0, 0.05) is 16.4 Å². The van der Waals surface area contributed by atoms with Crippen molar-refractivity contribution in [2.24, 2.45) is 0 Å². The Bertz CT molecular complexity index is 257. The predicted octanol–water partition coefficient (Wildman–Crippen LogP) is 1.94. The fourth-order valence-electron chi connectivity index (χ4n) is 1.82. The number of thioether (sulfide) groups is 2. The van der Waals surface area contributed by atoms with Crippen LogP contribution in [0.4, 0.5) is 0 Å². The van der Waals surface area contributed by atoms with Gasteiger partial charge in [0.25, 0.3) is 0 Å². The molecule has 2 atom stereocenters. The van der Waals surface area contributed by atoms with Gasteiger partial charge in [0.2, 0.25) is 0 Å². The molecule has 3 heterocycles. The lowest BCUT2D eigenvalue weighted by molar-refractivity contribution is 0.732. The fourth-order valence-corrected chi connectivity index (χ4v) is 4.39. The zero-order valence-electron chi connectivity index (χ0n) is 6.04. The molecule has 0 aromatic heterocycles. The molecule has 0 saturated heterocycles. The van der Waals surface area contributed by atoms with Crippen molar-refractivity contribution in [3.63, 3.8) is 0 Å². The van der Waals surface area contributed by atoms with E-state index in [0.717, 1.165) is 5.25 Å². The minimum atomic E-state index is 0.623. The van der Waals surface area contributed by atoms with E-state index in [1.54, 1.807) is 4.91 Å². The summed E-state index contributed by atoms with van der Waals surface area (Å²) >= 11 is 4.01. The summed E-state index contributed by atoms with van der Waals surface area (Å²) in [4.78, 5) is 1.63. The molecule has 0 fully saturated rings. The molecule has 3 rings (SSSR count). The lowest BCUT2D eigenvalue weighted by atomic mass is 10.2. The van der Waals surface area contributed by atoms with Crippen LogP contribution in [0.15, 0.2) is 22.1 Å². The molecule has 0 aliphatic carbocycles. The highest BCUT2D eigenvalue weighted by atomic mass is 32.2. The Morgan fingerprint density at radius 3 is 3.55 bits per heavy atom. The molecule has 0 bridgehead atoms. The molecule has 3 aliphatic heterocycles. The molecule has 2 unspecified atom stereocenters. The van der Waals surface area contributed by atoms with Crippen LogP contribution in [0.5, 0.6) is 0 Å². The molecule has 0 aromatic rings. The summed E-state index contributed by atoms with van der Waals surface area (Å²) in [7, 11) is 0. The largest absolute Gasteiger partial charge is 0.380 e. The molecular weight excluding hydrogens is 174 g/mol.